The molecule has 2 rings (SSSR count). The Hall–Kier alpha value is -1.27. The summed E-state index contributed by atoms with van der Waals surface area (Å²) in [4.78, 5) is 13.2. The fraction of sp³-hybridized carbons (Fsp3) is 0.533. The molecule has 0 atom stereocenters. The minimum absolute atomic E-state index is 0.121. The van der Waals surface area contributed by atoms with Crippen LogP contribution in [0.3, 0.4) is 0 Å². The van der Waals surface area contributed by atoms with E-state index in [4.69, 9.17) is 4.74 Å². The molecule has 1 aliphatic rings. The second-order valence-corrected chi connectivity index (χ2v) is 6.14. The minimum Gasteiger partial charge on any atom is -0.503 e. The zero-order chi connectivity index (χ0) is 15.4. The summed E-state index contributed by atoms with van der Waals surface area (Å²) in [6, 6.07) is 4.13. The number of halogens is 1. The molecule has 6 heteroatoms. The molecule has 2 N–H and O–H groups in total. The average Bonchev–Trinajstić information content (AvgIpc) is 2.48. The summed E-state index contributed by atoms with van der Waals surface area (Å²) < 4.78 is 5.78. The van der Waals surface area contributed by atoms with Gasteiger partial charge in [-0.1, -0.05) is 0 Å². The Morgan fingerprint density at radius 2 is 2.14 bits per heavy atom. The molecule has 0 spiro atoms. The predicted molar refractivity (Wildman–Crippen MR) is 84.5 cm³/mol. The van der Waals surface area contributed by atoms with Crippen molar-refractivity contribution in [3.8, 4) is 11.5 Å². The number of hydrogen-bond acceptors (Lipinski definition) is 4. The van der Waals surface area contributed by atoms with Crippen LogP contribution in [0.4, 0.5) is 0 Å². The normalized spacial score (nSPS) is 16.0. The first-order valence-corrected chi connectivity index (χ1v) is 7.85. The van der Waals surface area contributed by atoms with E-state index in [0.29, 0.717) is 22.8 Å². The monoisotopic (exact) mass is 356 g/mol. The van der Waals surface area contributed by atoms with E-state index in [1.807, 2.05) is 17.0 Å². The van der Waals surface area contributed by atoms with Crippen LogP contribution in [-0.2, 0) is 11.3 Å². The van der Waals surface area contributed by atoms with Crippen molar-refractivity contribution in [1.82, 2.24) is 10.2 Å². The molecule has 0 unspecified atom stereocenters. The number of likely N-dealkylation sites (tertiary alicyclic amines) is 1. The van der Waals surface area contributed by atoms with Gasteiger partial charge in [0.1, 0.15) is 0 Å². The maximum absolute atomic E-state index is 11.3. The van der Waals surface area contributed by atoms with E-state index >= 15 is 0 Å². The van der Waals surface area contributed by atoms with Gasteiger partial charge in [0.2, 0.25) is 5.91 Å². The van der Waals surface area contributed by atoms with Crippen molar-refractivity contribution in [2.24, 2.45) is 0 Å². The Labute approximate surface area is 133 Å². The molecule has 0 aliphatic carbocycles. The molecule has 1 aromatic carbocycles. The van der Waals surface area contributed by atoms with Gasteiger partial charge in [-0.15, -0.1) is 0 Å². The van der Waals surface area contributed by atoms with E-state index < -0.39 is 0 Å². The summed E-state index contributed by atoms with van der Waals surface area (Å²) in [5.74, 6) is 0.740. The van der Waals surface area contributed by atoms with Crippen LogP contribution in [0.1, 0.15) is 25.3 Å². The lowest BCUT2D eigenvalue weighted by Crippen LogP contribution is -2.43. The first-order chi connectivity index (χ1) is 10.0. The highest BCUT2D eigenvalue weighted by Crippen LogP contribution is 2.35. The maximum atomic E-state index is 11.3. The lowest BCUT2D eigenvalue weighted by atomic mass is 10.0. The van der Waals surface area contributed by atoms with Gasteiger partial charge in [0.05, 0.1) is 11.6 Å². The summed E-state index contributed by atoms with van der Waals surface area (Å²) in [7, 11) is 1.54. The van der Waals surface area contributed by atoms with E-state index in [2.05, 4.69) is 21.2 Å². The van der Waals surface area contributed by atoms with Crippen LogP contribution in [0.25, 0.3) is 0 Å². The van der Waals surface area contributed by atoms with Crippen LogP contribution in [0.5, 0.6) is 11.5 Å². The molecule has 116 valence electrons. The van der Waals surface area contributed by atoms with Gasteiger partial charge >= 0.3 is 0 Å². The number of rotatable bonds is 4. The van der Waals surface area contributed by atoms with Crippen LogP contribution >= 0.6 is 15.9 Å². The van der Waals surface area contributed by atoms with Gasteiger partial charge in [-0.3, -0.25) is 4.79 Å². The predicted octanol–water partition coefficient (Wildman–Crippen LogP) is 2.26. The van der Waals surface area contributed by atoms with Crippen molar-refractivity contribution in [2.75, 3.05) is 20.2 Å². The van der Waals surface area contributed by atoms with Crippen LogP contribution < -0.4 is 10.1 Å². The number of aromatic hydroxyl groups is 1. The Morgan fingerprint density at radius 1 is 1.48 bits per heavy atom. The number of carbonyl (C=O) groups excluding carboxylic acids is 1. The summed E-state index contributed by atoms with van der Waals surface area (Å²) in [6.07, 6.45) is 1.94. The van der Waals surface area contributed by atoms with Gasteiger partial charge in [-0.25, -0.2) is 0 Å². The molecule has 5 nitrogen and oxygen atoms in total. The zero-order valence-corrected chi connectivity index (χ0v) is 13.9. The number of methoxy groups -OCH3 is 1. The molecule has 1 heterocycles. The summed E-state index contributed by atoms with van der Waals surface area (Å²) in [6.45, 7) is 3.96. The lowest BCUT2D eigenvalue weighted by Gasteiger charge is -2.31. The minimum atomic E-state index is 0.121. The third kappa shape index (κ3) is 4.11. The SMILES string of the molecule is COc1cc(CNC2CCN(C(C)=O)CC2)cc(Br)c1O. The van der Waals surface area contributed by atoms with Gasteiger partial charge in [0.25, 0.3) is 0 Å². The van der Waals surface area contributed by atoms with Gasteiger partial charge in [0.15, 0.2) is 11.5 Å². The molecule has 21 heavy (non-hydrogen) atoms. The van der Waals surface area contributed by atoms with Crippen molar-refractivity contribution < 1.29 is 14.6 Å². The Morgan fingerprint density at radius 3 is 2.71 bits per heavy atom. The smallest absolute Gasteiger partial charge is 0.219 e. The summed E-state index contributed by atoms with van der Waals surface area (Å²) >= 11 is 3.33. The number of nitrogens with zero attached hydrogens (tertiary/aromatic N) is 1. The fourth-order valence-corrected chi connectivity index (χ4v) is 3.04. The number of phenolic OH excluding ortho intramolecular Hbond substituents is 1. The molecule has 0 radical (unpaired) electrons. The molecule has 1 fully saturated rings. The standard InChI is InChI=1S/C15H21BrN2O3/c1-10(19)18-5-3-12(4-6-18)17-9-11-7-13(16)15(20)14(8-11)21-2/h7-8,12,17,20H,3-6,9H2,1-2H3. The topological polar surface area (TPSA) is 61.8 Å². The molecular weight excluding hydrogens is 336 g/mol. The van der Waals surface area contributed by atoms with Crippen LogP contribution in [0.15, 0.2) is 16.6 Å². The zero-order valence-electron chi connectivity index (χ0n) is 12.4. The largest absolute Gasteiger partial charge is 0.503 e. The van der Waals surface area contributed by atoms with Gasteiger partial charge < -0.3 is 20.1 Å². The molecule has 0 saturated carbocycles. The number of phenols is 1. The van der Waals surface area contributed by atoms with Crippen molar-refractivity contribution in [2.45, 2.75) is 32.4 Å². The van der Waals surface area contributed by atoms with E-state index in [1.54, 1.807) is 6.92 Å². The molecule has 1 saturated heterocycles. The second-order valence-electron chi connectivity index (χ2n) is 5.29. The van der Waals surface area contributed by atoms with Crippen molar-refractivity contribution in [1.29, 1.82) is 0 Å². The van der Waals surface area contributed by atoms with Crippen LogP contribution in [0, 0.1) is 0 Å². The fourth-order valence-electron chi connectivity index (χ4n) is 2.55. The van der Waals surface area contributed by atoms with Gasteiger partial charge in [0, 0.05) is 32.6 Å². The number of carbonyl (C=O) groups is 1. The summed E-state index contributed by atoms with van der Waals surface area (Å²) in [5, 5.41) is 13.3. The number of piperidine rings is 1. The molecule has 1 aliphatic heterocycles. The first-order valence-electron chi connectivity index (χ1n) is 7.05. The number of nitrogens with one attached hydrogen (secondary N) is 1. The Bertz CT molecular complexity index is 514. The van der Waals surface area contributed by atoms with Gasteiger partial charge in [-0.05, 0) is 46.5 Å². The van der Waals surface area contributed by atoms with Crippen molar-refractivity contribution in [3.05, 3.63) is 22.2 Å². The Balaban J connectivity index is 1.89. The van der Waals surface area contributed by atoms with E-state index in [-0.39, 0.29) is 11.7 Å². The molecule has 1 amide bonds. The maximum Gasteiger partial charge on any atom is 0.219 e. The second kappa shape index (κ2) is 7.13. The quantitative estimate of drug-likeness (QED) is 0.868. The number of ether oxygens (including phenoxy) is 1. The van der Waals surface area contributed by atoms with Crippen LogP contribution in [-0.4, -0.2) is 42.2 Å². The highest BCUT2D eigenvalue weighted by Gasteiger charge is 2.20. The van der Waals surface area contributed by atoms with Crippen molar-refractivity contribution >= 4 is 21.8 Å². The summed E-state index contributed by atoms with van der Waals surface area (Å²) in [5.41, 5.74) is 1.05. The Kier molecular flexibility index (Phi) is 5.47. The molecule has 0 aromatic heterocycles. The molecule has 0 bridgehead atoms. The third-order valence-corrected chi connectivity index (χ3v) is 4.45. The van der Waals surface area contributed by atoms with E-state index in [0.717, 1.165) is 31.5 Å². The van der Waals surface area contributed by atoms with Crippen molar-refractivity contribution in [3.63, 3.8) is 0 Å². The number of benzene rings is 1. The van der Waals surface area contributed by atoms with Gasteiger partial charge in [-0.2, -0.15) is 0 Å². The van der Waals surface area contributed by atoms with Crippen LogP contribution in [0.2, 0.25) is 0 Å². The third-order valence-electron chi connectivity index (χ3n) is 3.84. The highest BCUT2D eigenvalue weighted by molar-refractivity contribution is 9.10. The number of amides is 1. The van der Waals surface area contributed by atoms with E-state index in [9.17, 15) is 9.90 Å². The lowest BCUT2D eigenvalue weighted by molar-refractivity contribution is -0.129. The number of hydrogen-bond donors (Lipinski definition) is 2. The molecule has 1 aromatic rings. The van der Waals surface area contributed by atoms with E-state index in [1.165, 1.54) is 7.11 Å². The molecular formula is C15H21BrN2O3. The average molecular weight is 357 g/mol. The highest BCUT2D eigenvalue weighted by atomic mass is 79.9. The first kappa shape index (κ1) is 16.1.